The molecule has 0 spiro atoms. The van der Waals surface area contributed by atoms with Crippen LogP contribution in [0.2, 0.25) is 0 Å². The second-order valence-corrected chi connectivity index (χ2v) is 10.9. The van der Waals surface area contributed by atoms with E-state index in [0.717, 1.165) is 25.7 Å². The SMILES string of the molecule is CC[C@@]1(O)C(=O)CCc2c1cc1n(c2=O)Cc2c-1nc1ccc(OC(=O)CCCCCCCC(=O)CO)cc1c2N. The highest BCUT2D eigenvalue weighted by Gasteiger charge is 2.43. The topological polar surface area (TPSA) is 162 Å². The number of nitrogen functional groups attached to an aromatic ring is 1. The summed E-state index contributed by atoms with van der Waals surface area (Å²) in [5.74, 6) is -0.428. The number of carbonyl (C=O) groups is 3. The summed E-state index contributed by atoms with van der Waals surface area (Å²) in [6.45, 7) is 1.54. The molecule has 0 saturated heterocycles. The quantitative estimate of drug-likeness (QED) is 0.142. The molecule has 2 aliphatic rings. The van der Waals surface area contributed by atoms with Crippen molar-refractivity contribution in [2.75, 3.05) is 12.3 Å². The second-order valence-electron chi connectivity index (χ2n) is 10.9. The molecule has 0 radical (unpaired) electrons. The fourth-order valence-corrected chi connectivity index (χ4v) is 5.92. The van der Waals surface area contributed by atoms with Crippen LogP contribution in [0.25, 0.3) is 22.3 Å². The van der Waals surface area contributed by atoms with E-state index in [1.54, 1.807) is 35.8 Å². The summed E-state index contributed by atoms with van der Waals surface area (Å²) in [5.41, 5.74) is 8.21. The lowest BCUT2D eigenvalue weighted by molar-refractivity contribution is -0.140. The van der Waals surface area contributed by atoms with Gasteiger partial charge in [-0.2, -0.15) is 0 Å². The minimum atomic E-state index is -1.69. The number of ketones is 2. The molecule has 4 N–H and O–H groups in total. The number of aromatic nitrogens is 2. The molecule has 41 heavy (non-hydrogen) atoms. The number of unbranched alkanes of at least 4 members (excludes halogenated alkanes) is 4. The summed E-state index contributed by atoms with van der Waals surface area (Å²) < 4.78 is 7.15. The first-order chi connectivity index (χ1) is 19.7. The Hall–Kier alpha value is -3.89. The van der Waals surface area contributed by atoms with Gasteiger partial charge < -0.3 is 25.3 Å². The fraction of sp³-hybridized carbons (Fsp3) is 0.452. The van der Waals surface area contributed by atoms with Crippen LogP contribution in [0, 0.1) is 0 Å². The normalized spacial score (nSPS) is 17.3. The van der Waals surface area contributed by atoms with Gasteiger partial charge in [-0.3, -0.25) is 19.2 Å². The van der Waals surface area contributed by atoms with Crippen LogP contribution < -0.4 is 16.0 Å². The Bertz CT molecular complexity index is 1610. The first kappa shape index (κ1) is 28.6. The lowest BCUT2D eigenvalue weighted by atomic mass is 9.77. The van der Waals surface area contributed by atoms with E-state index in [2.05, 4.69) is 0 Å². The van der Waals surface area contributed by atoms with E-state index in [-0.39, 0.29) is 55.3 Å². The van der Waals surface area contributed by atoms with Gasteiger partial charge in [0, 0.05) is 47.0 Å². The van der Waals surface area contributed by atoms with Crippen LogP contribution >= 0.6 is 0 Å². The summed E-state index contributed by atoms with van der Waals surface area (Å²) in [7, 11) is 0. The minimum absolute atomic E-state index is 0.123. The summed E-state index contributed by atoms with van der Waals surface area (Å²) in [6.07, 6.45) is 5.27. The number of aliphatic hydroxyl groups is 2. The van der Waals surface area contributed by atoms with Crippen molar-refractivity contribution in [3.05, 3.63) is 51.3 Å². The Morgan fingerprint density at radius 1 is 1.05 bits per heavy atom. The number of fused-ring (bicyclic) bond motifs is 5. The monoisotopic (exact) mass is 561 g/mol. The second kappa shape index (κ2) is 11.5. The standard InChI is InChI=1S/C31H35N3O7/c1-2-31(40)23-15-25-29-22(16-34(25)30(39)20(23)11-13-26(31)37)28(32)21-14-19(10-12-24(21)33-29)41-27(38)9-7-5-3-4-6-8-18(36)17-35/h10,12,14-15,35,40H,2-9,11,13,16-17H2,1H3,(H2,32,33)/t31-/m0/s1. The number of hydrogen-bond donors (Lipinski definition) is 3. The van der Waals surface area contributed by atoms with Gasteiger partial charge in [-0.1, -0.05) is 26.2 Å². The predicted molar refractivity (Wildman–Crippen MR) is 153 cm³/mol. The number of benzene rings is 1. The number of nitrogens with two attached hydrogens (primary N) is 1. The van der Waals surface area contributed by atoms with E-state index in [4.69, 9.17) is 20.6 Å². The molecule has 0 amide bonds. The molecule has 5 rings (SSSR count). The number of Topliss-reactive ketones (excluding diaryl/α,β-unsaturated/α-hetero) is 2. The highest BCUT2D eigenvalue weighted by atomic mass is 16.5. The molecule has 10 heteroatoms. The Morgan fingerprint density at radius 3 is 2.51 bits per heavy atom. The Kier molecular flexibility index (Phi) is 8.06. The number of nitrogens with zero attached hydrogens (tertiary/aromatic N) is 2. The van der Waals surface area contributed by atoms with Crippen molar-refractivity contribution >= 4 is 34.1 Å². The molecule has 10 nitrogen and oxygen atoms in total. The molecule has 2 aromatic heterocycles. The van der Waals surface area contributed by atoms with Gasteiger partial charge in [0.15, 0.2) is 11.6 Å². The number of esters is 1. The summed E-state index contributed by atoms with van der Waals surface area (Å²) in [5, 5.41) is 20.5. The third kappa shape index (κ3) is 5.29. The number of pyridine rings is 2. The maximum atomic E-state index is 13.5. The van der Waals surface area contributed by atoms with E-state index in [0.29, 0.717) is 63.3 Å². The summed E-state index contributed by atoms with van der Waals surface area (Å²) in [6, 6.07) is 6.76. The molecule has 0 saturated carbocycles. The molecular formula is C31H35N3O7. The Labute approximate surface area is 237 Å². The Balaban J connectivity index is 1.31. The average Bonchev–Trinajstić information content (AvgIpc) is 3.34. The van der Waals surface area contributed by atoms with Gasteiger partial charge in [0.1, 0.15) is 18.0 Å². The van der Waals surface area contributed by atoms with Crippen molar-refractivity contribution in [2.24, 2.45) is 0 Å². The fourth-order valence-electron chi connectivity index (χ4n) is 5.92. The van der Waals surface area contributed by atoms with Crippen LogP contribution in [-0.4, -0.2) is 43.9 Å². The van der Waals surface area contributed by atoms with Crippen LogP contribution in [0.1, 0.15) is 81.4 Å². The molecule has 3 aromatic rings. The van der Waals surface area contributed by atoms with Gasteiger partial charge >= 0.3 is 5.97 Å². The lowest BCUT2D eigenvalue weighted by Gasteiger charge is -2.32. The van der Waals surface area contributed by atoms with Gasteiger partial charge in [-0.25, -0.2) is 4.98 Å². The molecule has 0 unspecified atom stereocenters. The molecule has 0 bridgehead atoms. The van der Waals surface area contributed by atoms with Crippen LogP contribution in [-0.2, 0) is 33.0 Å². The maximum absolute atomic E-state index is 13.5. The number of aliphatic hydroxyl groups excluding tert-OH is 1. The zero-order chi connectivity index (χ0) is 29.3. The summed E-state index contributed by atoms with van der Waals surface area (Å²) in [4.78, 5) is 54.4. The molecule has 216 valence electrons. The van der Waals surface area contributed by atoms with Crippen LogP contribution in [0.4, 0.5) is 5.69 Å². The van der Waals surface area contributed by atoms with E-state index >= 15 is 0 Å². The first-order valence-corrected chi connectivity index (χ1v) is 14.3. The smallest absolute Gasteiger partial charge is 0.311 e. The summed E-state index contributed by atoms with van der Waals surface area (Å²) >= 11 is 0. The molecule has 1 aliphatic carbocycles. The third-order valence-corrected chi connectivity index (χ3v) is 8.33. The third-order valence-electron chi connectivity index (χ3n) is 8.33. The van der Waals surface area contributed by atoms with Gasteiger partial charge in [0.25, 0.3) is 5.56 Å². The average molecular weight is 562 g/mol. The highest BCUT2D eigenvalue weighted by molar-refractivity contribution is 5.97. The van der Waals surface area contributed by atoms with Gasteiger partial charge in [0.2, 0.25) is 0 Å². The van der Waals surface area contributed by atoms with Crippen molar-refractivity contribution in [3.8, 4) is 17.1 Å². The van der Waals surface area contributed by atoms with Crippen LogP contribution in [0.5, 0.6) is 5.75 Å². The highest BCUT2D eigenvalue weighted by Crippen LogP contribution is 2.41. The predicted octanol–water partition coefficient (Wildman–Crippen LogP) is 3.32. The first-order valence-electron chi connectivity index (χ1n) is 14.3. The van der Waals surface area contributed by atoms with Crippen LogP contribution in [0.3, 0.4) is 0 Å². The molecular weight excluding hydrogens is 526 g/mol. The largest absolute Gasteiger partial charge is 0.427 e. The van der Waals surface area contributed by atoms with E-state index in [9.17, 15) is 24.3 Å². The van der Waals surface area contributed by atoms with Gasteiger partial charge in [-0.15, -0.1) is 0 Å². The molecule has 1 aromatic carbocycles. The molecule has 1 aliphatic heterocycles. The molecule has 3 heterocycles. The molecule has 1 atom stereocenters. The number of carbonyl (C=O) groups excluding carboxylic acids is 3. The van der Waals surface area contributed by atoms with Gasteiger partial charge in [0.05, 0.1) is 23.4 Å². The van der Waals surface area contributed by atoms with E-state index < -0.39 is 12.2 Å². The molecule has 0 fully saturated rings. The lowest BCUT2D eigenvalue weighted by Crippen LogP contribution is -2.43. The van der Waals surface area contributed by atoms with Gasteiger partial charge in [-0.05, 0) is 49.9 Å². The zero-order valence-electron chi connectivity index (χ0n) is 23.2. The van der Waals surface area contributed by atoms with Crippen LogP contribution in [0.15, 0.2) is 29.1 Å². The van der Waals surface area contributed by atoms with Crippen molar-refractivity contribution in [1.29, 1.82) is 0 Å². The number of rotatable bonds is 11. The zero-order valence-corrected chi connectivity index (χ0v) is 23.2. The number of hydrogen-bond acceptors (Lipinski definition) is 9. The number of anilines is 1. The minimum Gasteiger partial charge on any atom is -0.427 e. The van der Waals surface area contributed by atoms with E-state index in [1.807, 2.05) is 0 Å². The Morgan fingerprint density at radius 2 is 1.78 bits per heavy atom. The van der Waals surface area contributed by atoms with Crippen molar-refractivity contribution in [2.45, 2.75) is 83.3 Å². The van der Waals surface area contributed by atoms with Crippen molar-refractivity contribution in [3.63, 3.8) is 0 Å². The van der Waals surface area contributed by atoms with E-state index in [1.165, 1.54) is 0 Å². The number of ether oxygens (including phenoxy) is 1. The maximum Gasteiger partial charge on any atom is 0.311 e. The van der Waals surface area contributed by atoms with Crippen molar-refractivity contribution in [1.82, 2.24) is 9.55 Å². The van der Waals surface area contributed by atoms with Crippen molar-refractivity contribution < 1.29 is 29.3 Å².